The maximum Gasteiger partial charge on any atom is 0.417 e. The summed E-state index contributed by atoms with van der Waals surface area (Å²) in [5.74, 6) is 0. The number of hydrogen-bond donors (Lipinski definition) is 1. The normalized spacial score (nSPS) is 9.83. The van der Waals surface area contributed by atoms with Gasteiger partial charge in [-0.05, 0) is 18.6 Å². The number of carbonyl (C=O) groups excluding carboxylic acids is 1. The van der Waals surface area contributed by atoms with Crippen LogP contribution in [0, 0.1) is 0 Å². The van der Waals surface area contributed by atoms with Gasteiger partial charge in [0.15, 0.2) is 0 Å². The van der Waals surface area contributed by atoms with Crippen LogP contribution in [0.25, 0.3) is 0 Å². The Balaban J connectivity index is 2.68. The monoisotopic (exact) mass is 168 g/mol. The number of aromatic nitrogens is 1. The second-order valence-electron chi connectivity index (χ2n) is 2.33. The average Bonchev–Trinajstić information content (AvgIpc) is 2.52. The molecule has 2 N–H and O–H groups in total. The van der Waals surface area contributed by atoms with Crippen molar-refractivity contribution in [2.75, 3.05) is 6.61 Å². The highest BCUT2D eigenvalue weighted by Crippen LogP contribution is 2.00. The molecule has 4 nitrogen and oxygen atoms in total. The molecule has 0 unspecified atom stereocenters. The van der Waals surface area contributed by atoms with Crippen molar-refractivity contribution in [1.29, 1.82) is 0 Å². The van der Waals surface area contributed by atoms with Gasteiger partial charge in [-0.1, -0.05) is 0 Å². The summed E-state index contributed by atoms with van der Waals surface area (Å²) in [6.45, 7) is 2.59. The lowest BCUT2D eigenvalue weighted by molar-refractivity contribution is 0.154. The fourth-order valence-corrected chi connectivity index (χ4v) is 0.873. The van der Waals surface area contributed by atoms with E-state index >= 15 is 0 Å². The summed E-state index contributed by atoms with van der Waals surface area (Å²) in [7, 11) is 0. The van der Waals surface area contributed by atoms with Crippen LogP contribution in [0.5, 0.6) is 0 Å². The lowest BCUT2D eigenvalue weighted by Gasteiger charge is -2.00. The van der Waals surface area contributed by atoms with E-state index in [0.717, 1.165) is 5.56 Å². The lowest BCUT2D eigenvalue weighted by atomic mass is 10.4. The molecular weight excluding hydrogens is 156 g/mol. The zero-order valence-corrected chi connectivity index (χ0v) is 6.99. The largest absolute Gasteiger partial charge is 0.449 e. The third-order valence-electron chi connectivity index (χ3n) is 1.47. The first-order valence-corrected chi connectivity index (χ1v) is 3.82. The van der Waals surface area contributed by atoms with Gasteiger partial charge in [-0.3, -0.25) is 4.57 Å². The van der Waals surface area contributed by atoms with Crippen molar-refractivity contribution in [2.24, 2.45) is 5.73 Å². The SMILES string of the molecule is CCOC(=O)n1ccc(CN)c1. The van der Waals surface area contributed by atoms with Crippen LogP contribution in [0.3, 0.4) is 0 Å². The van der Waals surface area contributed by atoms with E-state index < -0.39 is 0 Å². The van der Waals surface area contributed by atoms with Gasteiger partial charge in [0, 0.05) is 18.9 Å². The second kappa shape index (κ2) is 3.92. The van der Waals surface area contributed by atoms with Crippen molar-refractivity contribution in [1.82, 2.24) is 4.57 Å². The number of ether oxygens (including phenoxy) is 1. The molecule has 4 heteroatoms. The first-order chi connectivity index (χ1) is 5.77. The van der Waals surface area contributed by atoms with E-state index in [-0.39, 0.29) is 6.09 Å². The molecular formula is C8H12N2O2. The summed E-state index contributed by atoms with van der Waals surface area (Å²) in [4.78, 5) is 11.1. The molecule has 0 radical (unpaired) electrons. The summed E-state index contributed by atoms with van der Waals surface area (Å²) in [6, 6.07) is 1.79. The Kier molecular flexibility index (Phi) is 2.88. The van der Waals surface area contributed by atoms with Crippen LogP contribution in [0.4, 0.5) is 4.79 Å². The zero-order valence-electron chi connectivity index (χ0n) is 6.99. The Morgan fingerprint density at radius 3 is 3.00 bits per heavy atom. The standard InChI is InChI=1S/C8H12N2O2/c1-2-12-8(11)10-4-3-7(5-9)6-10/h3-4,6H,2,5,9H2,1H3. The molecule has 1 aromatic heterocycles. The predicted molar refractivity (Wildman–Crippen MR) is 44.7 cm³/mol. The van der Waals surface area contributed by atoms with E-state index in [2.05, 4.69) is 0 Å². The van der Waals surface area contributed by atoms with Gasteiger partial charge in [0.1, 0.15) is 0 Å². The lowest BCUT2D eigenvalue weighted by Crippen LogP contribution is -2.11. The highest BCUT2D eigenvalue weighted by atomic mass is 16.5. The summed E-state index contributed by atoms with van der Waals surface area (Å²) in [5, 5.41) is 0. The smallest absolute Gasteiger partial charge is 0.417 e. The number of nitrogens with zero attached hydrogens (tertiary/aromatic N) is 1. The third kappa shape index (κ3) is 1.85. The molecule has 0 aromatic carbocycles. The van der Waals surface area contributed by atoms with Crippen LogP contribution in [-0.2, 0) is 11.3 Å². The van der Waals surface area contributed by atoms with E-state index in [4.69, 9.17) is 10.5 Å². The molecule has 66 valence electrons. The third-order valence-corrected chi connectivity index (χ3v) is 1.47. The van der Waals surface area contributed by atoms with Gasteiger partial charge in [-0.25, -0.2) is 4.79 Å². The van der Waals surface area contributed by atoms with Crippen LogP contribution in [0.1, 0.15) is 12.5 Å². The van der Waals surface area contributed by atoms with E-state index in [1.165, 1.54) is 4.57 Å². The predicted octanol–water partition coefficient (Wildman–Crippen LogP) is 0.951. The van der Waals surface area contributed by atoms with Crippen LogP contribution >= 0.6 is 0 Å². The Bertz CT molecular complexity index is 268. The molecule has 0 spiro atoms. The van der Waals surface area contributed by atoms with Crippen LogP contribution in [0.2, 0.25) is 0 Å². The minimum atomic E-state index is -0.364. The Labute approximate surface area is 70.9 Å². The molecule has 1 aromatic rings. The van der Waals surface area contributed by atoms with Gasteiger partial charge < -0.3 is 10.5 Å². The van der Waals surface area contributed by atoms with Gasteiger partial charge in [0.2, 0.25) is 0 Å². The highest BCUT2D eigenvalue weighted by molar-refractivity contribution is 5.70. The van der Waals surface area contributed by atoms with Gasteiger partial charge in [0.25, 0.3) is 0 Å². The van der Waals surface area contributed by atoms with E-state index in [1.54, 1.807) is 25.4 Å². The van der Waals surface area contributed by atoms with Gasteiger partial charge >= 0.3 is 6.09 Å². The molecule has 0 aliphatic rings. The van der Waals surface area contributed by atoms with Gasteiger partial charge in [-0.15, -0.1) is 0 Å². The molecule has 1 rings (SSSR count). The molecule has 0 bridgehead atoms. The van der Waals surface area contributed by atoms with E-state index in [1.807, 2.05) is 0 Å². The van der Waals surface area contributed by atoms with Crippen LogP contribution < -0.4 is 5.73 Å². The molecule has 0 amide bonds. The van der Waals surface area contributed by atoms with Crippen molar-refractivity contribution in [3.8, 4) is 0 Å². The van der Waals surface area contributed by atoms with E-state index in [9.17, 15) is 4.79 Å². The van der Waals surface area contributed by atoms with Crippen molar-refractivity contribution >= 4 is 6.09 Å². The van der Waals surface area contributed by atoms with Crippen LogP contribution in [-0.4, -0.2) is 17.3 Å². The number of nitrogens with two attached hydrogens (primary N) is 1. The molecule has 0 aliphatic heterocycles. The quantitative estimate of drug-likeness (QED) is 0.715. The highest BCUT2D eigenvalue weighted by Gasteiger charge is 2.03. The topological polar surface area (TPSA) is 57.2 Å². The van der Waals surface area contributed by atoms with Crippen molar-refractivity contribution < 1.29 is 9.53 Å². The first kappa shape index (κ1) is 8.80. The maximum absolute atomic E-state index is 11.1. The molecule has 0 saturated carbocycles. The fraction of sp³-hybridized carbons (Fsp3) is 0.375. The summed E-state index contributed by atoms with van der Waals surface area (Å²) in [5.41, 5.74) is 6.29. The second-order valence-corrected chi connectivity index (χ2v) is 2.33. The average molecular weight is 168 g/mol. The van der Waals surface area contributed by atoms with Gasteiger partial charge in [-0.2, -0.15) is 0 Å². The van der Waals surface area contributed by atoms with Gasteiger partial charge in [0.05, 0.1) is 6.61 Å². The molecule has 1 heterocycles. The molecule has 0 saturated heterocycles. The minimum Gasteiger partial charge on any atom is -0.449 e. The molecule has 0 aliphatic carbocycles. The van der Waals surface area contributed by atoms with Crippen molar-refractivity contribution in [3.63, 3.8) is 0 Å². The van der Waals surface area contributed by atoms with Crippen molar-refractivity contribution in [3.05, 3.63) is 24.0 Å². The minimum absolute atomic E-state index is 0.364. The Morgan fingerprint density at radius 1 is 1.75 bits per heavy atom. The Hall–Kier alpha value is -1.29. The summed E-state index contributed by atoms with van der Waals surface area (Å²) in [6.07, 6.45) is 2.94. The maximum atomic E-state index is 11.1. The zero-order chi connectivity index (χ0) is 8.97. The Morgan fingerprint density at radius 2 is 2.50 bits per heavy atom. The summed E-state index contributed by atoms with van der Waals surface area (Å²) >= 11 is 0. The number of rotatable bonds is 2. The molecule has 0 atom stereocenters. The summed E-state index contributed by atoms with van der Waals surface area (Å²) < 4.78 is 6.15. The molecule has 12 heavy (non-hydrogen) atoms. The molecule has 0 fully saturated rings. The van der Waals surface area contributed by atoms with E-state index in [0.29, 0.717) is 13.2 Å². The van der Waals surface area contributed by atoms with Crippen molar-refractivity contribution in [2.45, 2.75) is 13.5 Å². The first-order valence-electron chi connectivity index (χ1n) is 3.82. The fourth-order valence-electron chi connectivity index (χ4n) is 0.873. The number of hydrogen-bond acceptors (Lipinski definition) is 3. The number of carbonyl (C=O) groups is 1. The van der Waals surface area contributed by atoms with Crippen LogP contribution in [0.15, 0.2) is 18.5 Å².